The highest BCUT2D eigenvalue weighted by Crippen LogP contribution is 2.38. The Bertz CT molecular complexity index is 591. The predicted molar refractivity (Wildman–Crippen MR) is 80.1 cm³/mol. The number of aliphatic hydroxyl groups is 1. The zero-order chi connectivity index (χ0) is 13.9. The number of aliphatic hydroxyl groups excluding tert-OH is 1. The Morgan fingerprint density at radius 1 is 1.20 bits per heavy atom. The fourth-order valence-corrected chi connectivity index (χ4v) is 2.94. The SMILES string of the molecule is Cc1cccc(C(O)CC2CCOc3ccccc32)c1. The monoisotopic (exact) mass is 268 g/mol. The molecule has 0 spiro atoms. The number of ether oxygens (including phenoxy) is 1. The summed E-state index contributed by atoms with van der Waals surface area (Å²) in [7, 11) is 0. The molecule has 1 aliphatic heterocycles. The molecule has 1 aliphatic rings. The predicted octanol–water partition coefficient (Wildman–Crippen LogP) is 3.98. The average Bonchev–Trinajstić information content (AvgIpc) is 2.47. The summed E-state index contributed by atoms with van der Waals surface area (Å²) < 4.78 is 5.68. The number of aryl methyl sites for hydroxylation is 1. The first-order valence-electron chi connectivity index (χ1n) is 7.20. The molecule has 0 aromatic heterocycles. The molecule has 2 unspecified atom stereocenters. The zero-order valence-electron chi connectivity index (χ0n) is 11.8. The highest BCUT2D eigenvalue weighted by molar-refractivity contribution is 5.38. The second-order valence-electron chi connectivity index (χ2n) is 5.54. The van der Waals surface area contributed by atoms with Crippen LogP contribution >= 0.6 is 0 Å². The largest absolute Gasteiger partial charge is 0.493 e. The summed E-state index contributed by atoms with van der Waals surface area (Å²) in [6.45, 7) is 2.79. The first kappa shape index (κ1) is 13.2. The summed E-state index contributed by atoms with van der Waals surface area (Å²) in [6, 6.07) is 16.3. The van der Waals surface area contributed by atoms with E-state index in [0.29, 0.717) is 5.92 Å². The van der Waals surface area contributed by atoms with Crippen LogP contribution in [0.1, 0.15) is 41.6 Å². The van der Waals surface area contributed by atoms with Crippen LogP contribution in [0.2, 0.25) is 0 Å². The number of hydrogen-bond acceptors (Lipinski definition) is 2. The van der Waals surface area contributed by atoms with Crippen molar-refractivity contribution in [2.75, 3.05) is 6.61 Å². The van der Waals surface area contributed by atoms with Crippen LogP contribution in [-0.2, 0) is 0 Å². The molecule has 2 nitrogen and oxygen atoms in total. The molecule has 104 valence electrons. The molecule has 0 fully saturated rings. The minimum atomic E-state index is -0.411. The highest BCUT2D eigenvalue weighted by Gasteiger charge is 2.24. The van der Waals surface area contributed by atoms with Gasteiger partial charge in [0.05, 0.1) is 12.7 Å². The number of rotatable bonds is 3. The summed E-state index contributed by atoms with van der Waals surface area (Å²) in [5, 5.41) is 10.5. The van der Waals surface area contributed by atoms with E-state index in [0.717, 1.165) is 30.8 Å². The van der Waals surface area contributed by atoms with Gasteiger partial charge in [-0.1, -0.05) is 48.0 Å². The van der Waals surface area contributed by atoms with Gasteiger partial charge in [0.15, 0.2) is 0 Å². The minimum absolute atomic E-state index is 0.371. The summed E-state index contributed by atoms with van der Waals surface area (Å²) in [5.74, 6) is 1.34. The summed E-state index contributed by atoms with van der Waals surface area (Å²) in [4.78, 5) is 0. The standard InChI is InChI=1S/C18H20O2/c1-13-5-4-6-15(11-13)17(19)12-14-9-10-20-18-8-3-2-7-16(14)18/h2-8,11,14,17,19H,9-10,12H2,1H3. The van der Waals surface area contributed by atoms with Crippen LogP contribution in [-0.4, -0.2) is 11.7 Å². The van der Waals surface area contributed by atoms with E-state index in [-0.39, 0.29) is 0 Å². The van der Waals surface area contributed by atoms with E-state index >= 15 is 0 Å². The summed E-state index contributed by atoms with van der Waals surface area (Å²) in [6.07, 6.45) is 1.31. The van der Waals surface area contributed by atoms with Crippen LogP contribution in [0.15, 0.2) is 48.5 Å². The minimum Gasteiger partial charge on any atom is -0.493 e. The lowest BCUT2D eigenvalue weighted by Crippen LogP contribution is -2.16. The van der Waals surface area contributed by atoms with Gasteiger partial charge in [-0.05, 0) is 42.9 Å². The van der Waals surface area contributed by atoms with E-state index in [1.165, 1.54) is 11.1 Å². The normalized spacial score (nSPS) is 19.0. The van der Waals surface area contributed by atoms with Gasteiger partial charge in [0.25, 0.3) is 0 Å². The topological polar surface area (TPSA) is 29.5 Å². The van der Waals surface area contributed by atoms with Crippen LogP contribution in [0.3, 0.4) is 0 Å². The van der Waals surface area contributed by atoms with E-state index in [1.54, 1.807) is 0 Å². The molecular weight excluding hydrogens is 248 g/mol. The van der Waals surface area contributed by atoms with Crippen molar-refractivity contribution in [1.82, 2.24) is 0 Å². The van der Waals surface area contributed by atoms with E-state index < -0.39 is 6.10 Å². The molecule has 2 atom stereocenters. The first-order chi connectivity index (χ1) is 9.74. The van der Waals surface area contributed by atoms with Crippen molar-refractivity contribution in [2.45, 2.75) is 31.8 Å². The Balaban J connectivity index is 1.79. The van der Waals surface area contributed by atoms with Crippen molar-refractivity contribution >= 4 is 0 Å². The summed E-state index contributed by atoms with van der Waals surface area (Å²) in [5.41, 5.74) is 3.42. The van der Waals surface area contributed by atoms with Gasteiger partial charge in [-0.3, -0.25) is 0 Å². The number of fused-ring (bicyclic) bond motifs is 1. The van der Waals surface area contributed by atoms with Crippen LogP contribution in [0.4, 0.5) is 0 Å². The molecule has 0 radical (unpaired) electrons. The van der Waals surface area contributed by atoms with Crippen LogP contribution in [0.5, 0.6) is 5.75 Å². The molecule has 0 saturated heterocycles. The molecular formula is C18H20O2. The third-order valence-corrected chi connectivity index (χ3v) is 4.02. The number of para-hydroxylation sites is 1. The number of hydrogen-bond donors (Lipinski definition) is 1. The van der Waals surface area contributed by atoms with Crippen molar-refractivity contribution in [1.29, 1.82) is 0 Å². The Hall–Kier alpha value is -1.80. The molecule has 2 heteroatoms. The maximum atomic E-state index is 10.5. The van der Waals surface area contributed by atoms with Crippen LogP contribution in [0.25, 0.3) is 0 Å². The molecule has 0 bridgehead atoms. The molecule has 20 heavy (non-hydrogen) atoms. The molecule has 0 aliphatic carbocycles. The Morgan fingerprint density at radius 3 is 2.90 bits per heavy atom. The van der Waals surface area contributed by atoms with E-state index in [1.807, 2.05) is 30.3 Å². The zero-order valence-corrected chi connectivity index (χ0v) is 11.8. The van der Waals surface area contributed by atoms with Gasteiger partial charge in [0.2, 0.25) is 0 Å². The van der Waals surface area contributed by atoms with Gasteiger partial charge in [0.1, 0.15) is 5.75 Å². The molecule has 2 aromatic rings. The second-order valence-corrected chi connectivity index (χ2v) is 5.54. The summed E-state index contributed by atoms with van der Waals surface area (Å²) >= 11 is 0. The van der Waals surface area contributed by atoms with Gasteiger partial charge >= 0.3 is 0 Å². The first-order valence-corrected chi connectivity index (χ1v) is 7.20. The van der Waals surface area contributed by atoms with Crippen LogP contribution in [0, 0.1) is 6.92 Å². The molecule has 0 saturated carbocycles. The Labute approximate surface area is 120 Å². The maximum absolute atomic E-state index is 10.5. The molecule has 0 amide bonds. The lowest BCUT2D eigenvalue weighted by Gasteiger charge is -2.27. The van der Waals surface area contributed by atoms with E-state index in [2.05, 4.69) is 25.1 Å². The third kappa shape index (κ3) is 2.70. The van der Waals surface area contributed by atoms with Gasteiger partial charge < -0.3 is 9.84 Å². The molecule has 1 heterocycles. The molecule has 2 aromatic carbocycles. The van der Waals surface area contributed by atoms with Gasteiger partial charge in [-0.25, -0.2) is 0 Å². The van der Waals surface area contributed by atoms with Crippen molar-refractivity contribution in [3.8, 4) is 5.75 Å². The fraction of sp³-hybridized carbons (Fsp3) is 0.333. The molecule has 1 N–H and O–H groups in total. The lowest BCUT2D eigenvalue weighted by atomic mass is 9.86. The van der Waals surface area contributed by atoms with Crippen molar-refractivity contribution < 1.29 is 9.84 Å². The second kappa shape index (κ2) is 5.68. The quantitative estimate of drug-likeness (QED) is 0.912. The average molecular weight is 268 g/mol. The Morgan fingerprint density at radius 2 is 2.05 bits per heavy atom. The third-order valence-electron chi connectivity index (χ3n) is 4.02. The highest BCUT2D eigenvalue weighted by atomic mass is 16.5. The van der Waals surface area contributed by atoms with Gasteiger partial charge in [0, 0.05) is 0 Å². The van der Waals surface area contributed by atoms with Gasteiger partial charge in [-0.2, -0.15) is 0 Å². The maximum Gasteiger partial charge on any atom is 0.122 e. The van der Waals surface area contributed by atoms with Gasteiger partial charge in [-0.15, -0.1) is 0 Å². The fourth-order valence-electron chi connectivity index (χ4n) is 2.94. The molecule has 3 rings (SSSR count). The van der Waals surface area contributed by atoms with Crippen molar-refractivity contribution in [3.63, 3.8) is 0 Å². The van der Waals surface area contributed by atoms with Crippen molar-refractivity contribution in [3.05, 3.63) is 65.2 Å². The Kier molecular flexibility index (Phi) is 3.75. The van der Waals surface area contributed by atoms with E-state index in [9.17, 15) is 5.11 Å². The number of benzene rings is 2. The van der Waals surface area contributed by atoms with Crippen molar-refractivity contribution in [2.24, 2.45) is 0 Å². The van der Waals surface area contributed by atoms with Crippen LogP contribution < -0.4 is 4.74 Å². The van der Waals surface area contributed by atoms with E-state index in [4.69, 9.17) is 4.74 Å². The smallest absolute Gasteiger partial charge is 0.122 e. The lowest BCUT2D eigenvalue weighted by molar-refractivity contribution is 0.145.